The largest absolute Gasteiger partial charge is 0.394 e. The summed E-state index contributed by atoms with van der Waals surface area (Å²) in [6.07, 6.45) is 9.28. The summed E-state index contributed by atoms with van der Waals surface area (Å²) in [5, 5.41) is 16.6. The molecule has 0 amide bonds. The van der Waals surface area contributed by atoms with Crippen molar-refractivity contribution in [2.75, 3.05) is 17.3 Å². The van der Waals surface area contributed by atoms with Gasteiger partial charge < -0.3 is 20.2 Å². The van der Waals surface area contributed by atoms with Crippen molar-refractivity contribution in [1.82, 2.24) is 24.1 Å². The second kappa shape index (κ2) is 7.44. The Hall–Kier alpha value is -3.43. The molecule has 138 valence electrons. The Morgan fingerprint density at radius 3 is 2.93 bits per heavy atom. The second-order valence-corrected chi connectivity index (χ2v) is 6.04. The van der Waals surface area contributed by atoms with Gasteiger partial charge in [0.2, 0.25) is 0 Å². The minimum Gasteiger partial charge on any atom is -0.394 e. The van der Waals surface area contributed by atoms with E-state index in [0.717, 1.165) is 22.5 Å². The number of imidazole rings is 1. The maximum Gasteiger partial charge on any atom is 0.151 e. The molecule has 4 aromatic rings. The summed E-state index contributed by atoms with van der Waals surface area (Å²) in [6, 6.07) is 7.73. The van der Waals surface area contributed by atoms with Crippen molar-refractivity contribution in [3.63, 3.8) is 0 Å². The molecule has 0 aliphatic rings. The molecule has 4 rings (SSSR count). The van der Waals surface area contributed by atoms with Crippen molar-refractivity contribution in [3.8, 4) is 11.3 Å². The molecule has 0 aromatic carbocycles. The zero-order valence-electron chi connectivity index (χ0n) is 14.6. The van der Waals surface area contributed by atoms with Crippen molar-refractivity contribution in [3.05, 3.63) is 60.8 Å². The minimum atomic E-state index is 0.0403. The van der Waals surface area contributed by atoms with Crippen LogP contribution in [0.1, 0.15) is 5.56 Å². The zero-order valence-corrected chi connectivity index (χ0v) is 14.6. The minimum absolute atomic E-state index is 0.0403. The average Bonchev–Trinajstić information content (AvgIpc) is 3.35. The first-order valence-electron chi connectivity index (χ1n) is 8.53. The van der Waals surface area contributed by atoms with E-state index in [1.54, 1.807) is 17.1 Å². The number of hydrogen-bond acceptors (Lipinski definition) is 7. The Morgan fingerprint density at radius 1 is 1.15 bits per heavy atom. The van der Waals surface area contributed by atoms with Crippen molar-refractivity contribution < 1.29 is 5.11 Å². The molecule has 0 radical (unpaired) electrons. The standard InChI is InChI=1S/C18H20N8O/c19-24-16-3-2-15(14-10-22-26(12-14)7-8-27)23-18(16)21-9-13-1-4-17-20-5-6-25(17)11-13/h1-6,10-12,24,27H,7-9,19H2,(H,21,23). The first-order valence-corrected chi connectivity index (χ1v) is 8.53. The van der Waals surface area contributed by atoms with Gasteiger partial charge in [0.15, 0.2) is 5.82 Å². The molecule has 0 fully saturated rings. The molecule has 0 saturated heterocycles. The fourth-order valence-corrected chi connectivity index (χ4v) is 2.85. The molecule has 0 spiro atoms. The molecule has 0 atom stereocenters. The summed E-state index contributed by atoms with van der Waals surface area (Å²) in [4.78, 5) is 8.91. The fraction of sp³-hybridized carbons (Fsp3) is 0.167. The highest BCUT2D eigenvalue weighted by molar-refractivity contribution is 5.70. The van der Waals surface area contributed by atoms with Crippen LogP contribution in [0.3, 0.4) is 0 Å². The van der Waals surface area contributed by atoms with E-state index in [2.05, 4.69) is 25.8 Å². The van der Waals surface area contributed by atoms with E-state index >= 15 is 0 Å². The SMILES string of the molecule is NNc1ccc(-c2cnn(CCO)c2)nc1NCc1ccc2nccn2c1. The zero-order chi connectivity index (χ0) is 18.6. The molecule has 0 aliphatic heterocycles. The monoisotopic (exact) mass is 364 g/mol. The van der Waals surface area contributed by atoms with E-state index < -0.39 is 0 Å². The number of pyridine rings is 2. The number of hydrogen-bond donors (Lipinski definition) is 4. The normalized spacial score (nSPS) is 11.0. The number of rotatable bonds is 7. The van der Waals surface area contributed by atoms with E-state index in [-0.39, 0.29) is 6.61 Å². The summed E-state index contributed by atoms with van der Waals surface area (Å²) in [5.74, 6) is 6.27. The number of nitrogens with zero attached hydrogens (tertiary/aromatic N) is 5. The molecular weight excluding hydrogens is 344 g/mol. The molecule has 0 saturated carbocycles. The highest BCUT2D eigenvalue weighted by Gasteiger charge is 2.09. The third-order valence-electron chi connectivity index (χ3n) is 4.22. The topological polar surface area (TPSA) is 118 Å². The quantitative estimate of drug-likeness (QED) is 0.290. The number of hydrazine groups is 1. The summed E-state index contributed by atoms with van der Waals surface area (Å²) in [6.45, 7) is 1.08. The van der Waals surface area contributed by atoms with Crippen LogP contribution in [-0.2, 0) is 13.1 Å². The van der Waals surface area contributed by atoms with Crippen LogP contribution in [0.5, 0.6) is 0 Å². The molecule has 9 heteroatoms. The fourth-order valence-electron chi connectivity index (χ4n) is 2.85. The Kier molecular flexibility index (Phi) is 4.69. The molecule has 27 heavy (non-hydrogen) atoms. The second-order valence-electron chi connectivity index (χ2n) is 6.04. The van der Waals surface area contributed by atoms with E-state index in [9.17, 15) is 0 Å². The molecule has 9 nitrogen and oxygen atoms in total. The van der Waals surface area contributed by atoms with Gasteiger partial charge in [0.25, 0.3) is 0 Å². The Bertz CT molecular complexity index is 1050. The molecular formula is C18H20N8O. The molecule has 4 heterocycles. The number of nitrogens with one attached hydrogen (secondary N) is 2. The Balaban J connectivity index is 1.56. The maximum absolute atomic E-state index is 9.03. The third kappa shape index (κ3) is 3.59. The van der Waals surface area contributed by atoms with E-state index in [0.29, 0.717) is 24.6 Å². The lowest BCUT2D eigenvalue weighted by Crippen LogP contribution is -2.12. The van der Waals surface area contributed by atoms with Crippen molar-refractivity contribution >= 4 is 17.2 Å². The predicted molar refractivity (Wildman–Crippen MR) is 103 cm³/mol. The number of nitrogens with two attached hydrogens (primary N) is 1. The van der Waals surface area contributed by atoms with Gasteiger partial charge in [0, 0.05) is 36.9 Å². The summed E-state index contributed by atoms with van der Waals surface area (Å²) >= 11 is 0. The number of anilines is 2. The Morgan fingerprint density at radius 2 is 2.07 bits per heavy atom. The van der Waals surface area contributed by atoms with Crippen molar-refractivity contribution in [2.45, 2.75) is 13.1 Å². The van der Waals surface area contributed by atoms with Gasteiger partial charge in [-0.05, 0) is 23.8 Å². The van der Waals surface area contributed by atoms with Gasteiger partial charge >= 0.3 is 0 Å². The molecule has 0 unspecified atom stereocenters. The third-order valence-corrected chi connectivity index (χ3v) is 4.22. The van der Waals surface area contributed by atoms with Gasteiger partial charge in [-0.3, -0.25) is 10.5 Å². The van der Waals surface area contributed by atoms with Gasteiger partial charge in [-0.2, -0.15) is 5.10 Å². The van der Waals surface area contributed by atoms with E-state index in [4.69, 9.17) is 10.9 Å². The first kappa shape index (κ1) is 17.0. The van der Waals surface area contributed by atoms with E-state index in [1.165, 1.54) is 0 Å². The molecule has 5 N–H and O–H groups in total. The number of aliphatic hydroxyl groups excluding tert-OH is 1. The lowest BCUT2D eigenvalue weighted by molar-refractivity contribution is 0.269. The Labute approximate surface area is 155 Å². The van der Waals surface area contributed by atoms with Gasteiger partial charge in [-0.15, -0.1) is 0 Å². The lowest BCUT2D eigenvalue weighted by atomic mass is 10.2. The predicted octanol–water partition coefficient (Wildman–Crippen LogP) is 1.48. The van der Waals surface area contributed by atoms with Gasteiger partial charge in [0.1, 0.15) is 5.65 Å². The van der Waals surface area contributed by atoms with Crippen LogP contribution in [0.25, 0.3) is 16.9 Å². The van der Waals surface area contributed by atoms with Gasteiger partial charge in [0.05, 0.1) is 30.7 Å². The summed E-state index contributed by atoms with van der Waals surface area (Å²) in [7, 11) is 0. The van der Waals surface area contributed by atoms with Crippen molar-refractivity contribution in [1.29, 1.82) is 0 Å². The molecule has 4 aromatic heterocycles. The number of fused-ring (bicyclic) bond motifs is 1. The number of aliphatic hydroxyl groups is 1. The van der Waals surface area contributed by atoms with Gasteiger partial charge in [-0.25, -0.2) is 9.97 Å². The van der Waals surface area contributed by atoms with Crippen LogP contribution >= 0.6 is 0 Å². The highest BCUT2D eigenvalue weighted by Crippen LogP contribution is 2.25. The summed E-state index contributed by atoms with van der Waals surface area (Å²) < 4.78 is 3.65. The van der Waals surface area contributed by atoms with E-state index in [1.807, 2.05) is 47.3 Å². The van der Waals surface area contributed by atoms with Crippen LogP contribution in [0.4, 0.5) is 11.5 Å². The van der Waals surface area contributed by atoms with Crippen LogP contribution in [0.2, 0.25) is 0 Å². The summed E-state index contributed by atoms with van der Waals surface area (Å²) in [5.41, 5.74) is 7.00. The van der Waals surface area contributed by atoms with Crippen LogP contribution < -0.4 is 16.6 Å². The van der Waals surface area contributed by atoms with Crippen LogP contribution in [0.15, 0.2) is 55.2 Å². The number of aromatic nitrogens is 5. The lowest BCUT2D eigenvalue weighted by Gasteiger charge is -2.12. The smallest absolute Gasteiger partial charge is 0.151 e. The van der Waals surface area contributed by atoms with Crippen LogP contribution in [-0.4, -0.2) is 35.9 Å². The van der Waals surface area contributed by atoms with Crippen LogP contribution in [0, 0.1) is 0 Å². The molecule has 0 aliphatic carbocycles. The number of nitrogen functional groups attached to an aromatic ring is 1. The maximum atomic E-state index is 9.03. The van der Waals surface area contributed by atoms with Gasteiger partial charge in [-0.1, -0.05) is 6.07 Å². The first-order chi connectivity index (χ1) is 13.3. The highest BCUT2D eigenvalue weighted by atomic mass is 16.3. The average molecular weight is 364 g/mol. The molecule has 0 bridgehead atoms. The van der Waals surface area contributed by atoms with Crippen molar-refractivity contribution in [2.24, 2.45) is 5.84 Å².